The highest BCUT2D eigenvalue weighted by Crippen LogP contribution is 2.27. The highest BCUT2D eigenvalue weighted by atomic mass is 16.2. The van der Waals surface area contributed by atoms with Crippen LogP contribution >= 0.6 is 0 Å². The molecule has 0 saturated carbocycles. The van der Waals surface area contributed by atoms with Crippen LogP contribution in [0, 0.1) is 11.8 Å². The third-order valence-corrected chi connectivity index (χ3v) is 3.34. The van der Waals surface area contributed by atoms with Crippen molar-refractivity contribution >= 4 is 5.91 Å². The fraction of sp³-hybridized carbons (Fsp3) is 0.786. The lowest BCUT2D eigenvalue weighted by molar-refractivity contribution is -0.122. The number of carbonyl (C=O) groups is 1. The maximum absolute atomic E-state index is 11.6. The molecule has 0 spiro atoms. The van der Waals surface area contributed by atoms with Gasteiger partial charge in [-0.2, -0.15) is 0 Å². The highest BCUT2D eigenvalue weighted by molar-refractivity contribution is 5.81. The number of allylic oxidation sites excluding steroid dienone is 2. The second-order valence-electron chi connectivity index (χ2n) is 5.32. The zero-order valence-corrected chi connectivity index (χ0v) is 11.5. The van der Waals surface area contributed by atoms with Crippen LogP contribution in [0.3, 0.4) is 0 Å². The lowest BCUT2D eigenvalue weighted by atomic mass is 9.83. The van der Waals surface area contributed by atoms with Crippen molar-refractivity contribution in [2.24, 2.45) is 11.8 Å². The van der Waals surface area contributed by atoms with Crippen molar-refractivity contribution in [3.63, 3.8) is 0 Å². The van der Waals surface area contributed by atoms with Crippen LogP contribution in [0.4, 0.5) is 0 Å². The molecule has 0 heterocycles. The van der Waals surface area contributed by atoms with Gasteiger partial charge in [0, 0.05) is 6.54 Å². The van der Waals surface area contributed by atoms with Gasteiger partial charge >= 0.3 is 0 Å². The molecule has 1 aliphatic rings. The molecule has 0 aromatic rings. The van der Waals surface area contributed by atoms with Gasteiger partial charge in [-0.05, 0) is 52.0 Å². The lowest BCUT2D eigenvalue weighted by Crippen LogP contribution is -2.44. The Balaban J connectivity index is 2.31. The van der Waals surface area contributed by atoms with E-state index in [1.54, 1.807) is 0 Å². The average Bonchev–Trinajstić information content (AvgIpc) is 2.25. The van der Waals surface area contributed by atoms with Gasteiger partial charge in [0.15, 0.2) is 0 Å². The predicted octanol–water partition coefficient (Wildman–Crippen LogP) is 2.09. The third kappa shape index (κ3) is 4.90. The Kier molecular flexibility index (Phi) is 5.69. The molecule has 0 saturated heterocycles. The molecule has 0 radical (unpaired) electrons. The fourth-order valence-corrected chi connectivity index (χ4v) is 2.61. The monoisotopic (exact) mass is 238 g/mol. The van der Waals surface area contributed by atoms with Crippen LogP contribution in [0.15, 0.2) is 11.6 Å². The van der Waals surface area contributed by atoms with Gasteiger partial charge in [-0.15, -0.1) is 0 Å². The summed E-state index contributed by atoms with van der Waals surface area (Å²) in [7, 11) is 0. The van der Waals surface area contributed by atoms with Gasteiger partial charge in [0.05, 0.1) is 6.04 Å². The summed E-state index contributed by atoms with van der Waals surface area (Å²) in [6, 6.07) is -0.0866. The first-order valence-corrected chi connectivity index (χ1v) is 6.71. The van der Waals surface area contributed by atoms with Crippen LogP contribution in [0.25, 0.3) is 0 Å². The van der Waals surface area contributed by atoms with Crippen molar-refractivity contribution < 1.29 is 4.79 Å². The molecular formula is C14H26N2O. The topological polar surface area (TPSA) is 41.1 Å². The van der Waals surface area contributed by atoms with E-state index in [1.807, 2.05) is 13.8 Å². The number of hydrogen-bond donors (Lipinski definition) is 2. The van der Waals surface area contributed by atoms with E-state index < -0.39 is 0 Å². The molecule has 3 unspecified atom stereocenters. The molecule has 0 aromatic carbocycles. The van der Waals surface area contributed by atoms with Gasteiger partial charge in [-0.3, -0.25) is 4.79 Å². The molecule has 0 aromatic heterocycles. The normalized spacial score (nSPS) is 26.2. The minimum absolute atomic E-state index is 0.0866. The van der Waals surface area contributed by atoms with E-state index in [4.69, 9.17) is 0 Å². The maximum Gasteiger partial charge on any atom is 0.236 e. The van der Waals surface area contributed by atoms with Gasteiger partial charge < -0.3 is 10.6 Å². The van der Waals surface area contributed by atoms with Crippen molar-refractivity contribution in [1.29, 1.82) is 0 Å². The summed E-state index contributed by atoms with van der Waals surface area (Å²) in [5.74, 6) is 1.45. The Bertz CT molecular complexity index is 286. The second kappa shape index (κ2) is 6.80. The molecular weight excluding hydrogens is 212 g/mol. The number of rotatable bonds is 5. The highest BCUT2D eigenvalue weighted by Gasteiger charge is 2.19. The summed E-state index contributed by atoms with van der Waals surface area (Å²) in [6.07, 6.45) is 4.76. The van der Waals surface area contributed by atoms with Crippen molar-refractivity contribution in [2.45, 2.75) is 46.6 Å². The van der Waals surface area contributed by atoms with Crippen molar-refractivity contribution in [3.05, 3.63) is 11.6 Å². The molecule has 2 N–H and O–H groups in total. The molecule has 3 nitrogen and oxygen atoms in total. The maximum atomic E-state index is 11.6. The largest absolute Gasteiger partial charge is 0.355 e. The minimum atomic E-state index is -0.0866. The van der Waals surface area contributed by atoms with Crippen molar-refractivity contribution in [3.8, 4) is 0 Å². The summed E-state index contributed by atoms with van der Waals surface area (Å²) in [6.45, 7) is 9.99. The Labute approximate surface area is 105 Å². The minimum Gasteiger partial charge on any atom is -0.355 e. The first kappa shape index (κ1) is 14.2. The first-order valence-electron chi connectivity index (χ1n) is 6.71. The Morgan fingerprint density at radius 2 is 2.29 bits per heavy atom. The third-order valence-electron chi connectivity index (χ3n) is 3.34. The molecule has 17 heavy (non-hydrogen) atoms. The Morgan fingerprint density at radius 3 is 2.88 bits per heavy atom. The average molecular weight is 238 g/mol. The zero-order valence-electron chi connectivity index (χ0n) is 11.5. The zero-order chi connectivity index (χ0) is 12.8. The standard InChI is InChI=1S/C14H26N2O/c1-5-15-14(17)12(4)16-9-13-7-10(2)6-11(3)8-13/h6,10,12-13,16H,5,7-9H2,1-4H3,(H,15,17). The summed E-state index contributed by atoms with van der Waals surface area (Å²) < 4.78 is 0. The first-order chi connectivity index (χ1) is 8.02. The van der Waals surface area contributed by atoms with E-state index in [1.165, 1.54) is 18.4 Å². The molecule has 0 fully saturated rings. The van der Waals surface area contributed by atoms with E-state index in [0.29, 0.717) is 18.4 Å². The van der Waals surface area contributed by atoms with Gasteiger partial charge in [-0.25, -0.2) is 0 Å². The van der Waals surface area contributed by atoms with Crippen molar-refractivity contribution in [1.82, 2.24) is 10.6 Å². The number of carbonyl (C=O) groups excluding carboxylic acids is 1. The number of nitrogens with one attached hydrogen (secondary N) is 2. The number of likely N-dealkylation sites (N-methyl/N-ethyl adjacent to an activating group) is 1. The van der Waals surface area contributed by atoms with Gasteiger partial charge in [-0.1, -0.05) is 18.6 Å². The smallest absolute Gasteiger partial charge is 0.236 e. The Hall–Kier alpha value is -0.830. The molecule has 1 aliphatic carbocycles. The molecule has 3 heteroatoms. The van der Waals surface area contributed by atoms with Crippen LogP contribution in [-0.2, 0) is 4.79 Å². The molecule has 3 atom stereocenters. The number of amides is 1. The van der Waals surface area contributed by atoms with Crippen molar-refractivity contribution in [2.75, 3.05) is 13.1 Å². The SMILES string of the molecule is CCNC(=O)C(C)NCC1CC(C)=CC(C)C1. The van der Waals surface area contributed by atoms with Crippen LogP contribution in [0.1, 0.15) is 40.5 Å². The van der Waals surface area contributed by atoms with Gasteiger partial charge in [0.25, 0.3) is 0 Å². The summed E-state index contributed by atoms with van der Waals surface area (Å²) in [4.78, 5) is 11.6. The molecule has 98 valence electrons. The molecule has 1 rings (SSSR count). The number of hydrogen-bond acceptors (Lipinski definition) is 2. The predicted molar refractivity (Wildman–Crippen MR) is 71.8 cm³/mol. The van der Waals surface area contributed by atoms with E-state index >= 15 is 0 Å². The molecule has 0 aliphatic heterocycles. The van der Waals surface area contributed by atoms with Crippen LogP contribution in [-0.4, -0.2) is 25.0 Å². The fourth-order valence-electron chi connectivity index (χ4n) is 2.61. The summed E-state index contributed by atoms with van der Waals surface area (Å²) in [5, 5.41) is 6.18. The van der Waals surface area contributed by atoms with E-state index in [-0.39, 0.29) is 11.9 Å². The molecule has 1 amide bonds. The van der Waals surface area contributed by atoms with Crippen LogP contribution in [0.2, 0.25) is 0 Å². The lowest BCUT2D eigenvalue weighted by Gasteiger charge is -2.26. The van der Waals surface area contributed by atoms with Gasteiger partial charge in [0.2, 0.25) is 5.91 Å². The molecule has 0 bridgehead atoms. The quantitative estimate of drug-likeness (QED) is 0.720. The van der Waals surface area contributed by atoms with Crippen LogP contribution in [0.5, 0.6) is 0 Å². The Morgan fingerprint density at radius 1 is 1.59 bits per heavy atom. The van der Waals surface area contributed by atoms with E-state index in [0.717, 1.165) is 6.54 Å². The summed E-state index contributed by atoms with van der Waals surface area (Å²) in [5.41, 5.74) is 1.49. The van der Waals surface area contributed by atoms with Crippen LogP contribution < -0.4 is 10.6 Å². The van der Waals surface area contributed by atoms with E-state index in [2.05, 4.69) is 30.6 Å². The van der Waals surface area contributed by atoms with Gasteiger partial charge in [0.1, 0.15) is 0 Å². The summed E-state index contributed by atoms with van der Waals surface area (Å²) >= 11 is 0. The van der Waals surface area contributed by atoms with E-state index in [9.17, 15) is 4.79 Å². The second-order valence-corrected chi connectivity index (χ2v) is 5.32.